The molecule has 1 radical (unpaired) electrons. The van der Waals surface area contributed by atoms with Crippen molar-refractivity contribution < 1.29 is 19.1 Å². The zero-order valence-corrected chi connectivity index (χ0v) is 22.6. The molecule has 3 rings (SSSR count). The van der Waals surface area contributed by atoms with Gasteiger partial charge in [0.1, 0.15) is 0 Å². The molecule has 2 atom stereocenters. The van der Waals surface area contributed by atoms with E-state index in [1.54, 1.807) is 18.1 Å². The number of carbonyl (C=O) groups is 2. The molecular formula is C24H32InN2O4. The summed E-state index contributed by atoms with van der Waals surface area (Å²) in [5, 5.41) is 3.07. The fourth-order valence-corrected chi connectivity index (χ4v) is 6.66. The van der Waals surface area contributed by atoms with Crippen LogP contribution in [0.15, 0.2) is 37.5 Å². The molecule has 1 aromatic carbocycles. The van der Waals surface area contributed by atoms with Crippen LogP contribution in [0.1, 0.15) is 52.6 Å². The average Bonchev–Trinajstić information content (AvgIpc) is 3.16. The van der Waals surface area contributed by atoms with E-state index in [9.17, 15) is 9.59 Å². The number of nitrogens with zero attached hydrogens (tertiary/aromatic N) is 1. The molecule has 1 N–H and O–H groups in total. The van der Waals surface area contributed by atoms with Crippen molar-refractivity contribution in [2.45, 2.75) is 58.7 Å². The molecule has 2 aliphatic heterocycles. The fourth-order valence-electron chi connectivity index (χ4n) is 3.83. The van der Waals surface area contributed by atoms with Gasteiger partial charge < -0.3 is 0 Å². The summed E-state index contributed by atoms with van der Waals surface area (Å²) in [6.45, 7) is 10.2. The molecule has 2 amide bonds. The van der Waals surface area contributed by atoms with Crippen LogP contribution in [-0.2, 0) is 9.59 Å². The molecule has 1 aromatic rings. The maximum absolute atomic E-state index is 13.7. The summed E-state index contributed by atoms with van der Waals surface area (Å²) in [6.07, 6.45) is 2.25. The van der Waals surface area contributed by atoms with Crippen molar-refractivity contribution >= 4 is 34.7 Å². The number of carbonyl (C=O) groups excluding carboxylic acids is 2. The van der Waals surface area contributed by atoms with Gasteiger partial charge in [0, 0.05) is 0 Å². The number of methoxy groups -OCH3 is 1. The molecule has 31 heavy (non-hydrogen) atoms. The van der Waals surface area contributed by atoms with Crippen molar-refractivity contribution in [3.8, 4) is 11.5 Å². The molecule has 0 aliphatic carbocycles. The average molecular weight is 527 g/mol. The van der Waals surface area contributed by atoms with Gasteiger partial charge in [-0.15, -0.1) is 0 Å². The molecule has 2 heterocycles. The van der Waals surface area contributed by atoms with Gasteiger partial charge in [0.05, 0.1) is 0 Å². The van der Waals surface area contributed by atoms with Crippen LogP contribution in [0, 0.1) is 5.92 Å². The number of nitrogens with one attached hydrogen (secondary N) is 1. The molecule has 7 heteroatoms. The minimum atomic E-state index is -0.760. The van der Waals surface area contributed by atoms with Crippen molar-refractivity contribution in [2.24, 2.45) is 5.92 Å². The Labute approximate surface area is 196 Å². The van der Waals surface area contributed by atoms with Crippen LogP contribution in [0.3, 0.4) is 0 Å². The maximum atomic E-state index is 13.7. The fraction of sp³-hybridized carbons (Fsp3) is 0.500. The van der Waals surface area contributed by atoms with Crippen molar-refractivity contribution in [1.29, 1.82) is 0 Å². The van der Waals surface area contributed by atoms with Crippen LogP contribution < -0.4 is 14.8 Å². The Balaban J connectivity index is 2.07. The summed E-state index contributed by atoms with van der Waals surface area (Å²) in [6, 6.07) is 4.67. The van der Waals surface area contributed by atoms with Crippen LogP contribution in [-0.4, -0.2) is 64.9 Å². The molecule has 0 saturated heterocycles. The Hall–Kier alpha value is -1.89. The van der Waals surface area contributed by atoms with E-state index in [4.69, 9.17) is 9.47 Å². The quantitative estimate of drug-likeness (QED) is 0.616. The van der Waals surface area contributed by atoms with Crippen molar-refractivity contribution in [2.75, 3.05) is 13.7 Å². The van der Waals surface area contributed by atoms with Crippen molar-refractivity contribution in [3.63, 3.8) is 0 Å². The molecule has 2 aliphatic rings. The minimum absolute atomic E-state index is 0.0424. The standard InChI is InChI=1S/C24H32N2O4.In/c1-9-16(4)12-13-26-20(22(27)25-24(5,6)7)18-11-10-17(29-8)14-19(18)30-21(15(2)3)23(26)28;/h1,4,9-11,14-15,20-21H,12-13H2,2-3,5-8H3,(H,25,27);. The Bertz CT molecular complexity index is 901. The molecule has 6 nitrogen and oxygen atoms in total. The first-order chi connectivity index (χ1) is 14.6. The van der Waals surface area contributed by atoms with E-state index < -0.39 is 40.6 Å². The van der Waals surface area contributed by atoms with Gasteiger partial charge in [0.2, 0.25) is 0 Å². The second kappa shape index (κ2) is 9.72. The third-order valence-electron chi connectivity index (χ3n) is 5.33. The third kappa shape index (κ3) is 5.68. The zero-order chi connectivity index (χ0) is 22.8. The SMILES string of the molecule is COc1ccc2c(c1)OC(C(C)C)C(=O)N(CCC1=[CH][In][CH]=C1)C2C(=O)NC(C)(C)C. The summed E-state index contributed by atoms with van der Waals surface area (Å²) in [5.41, 5.74) is 1.53. The summed E-state index contributed by atoms with van der Waals surface area (Å²) < 4.78 is 16.2. The summed E-state index contributed by atoms with van der Waals surface area (Å²) in [4.78, 5) is 28.9. The van der Waals surface area contributed by atoms with Crippen LogP contribution in [0.25, 0.3) is 0 Å². The predicted molar refractivity (Wildman–Crippen MR) is 122 cm³/mol. The number of fused-ring (bicyclic) bond motifs is 1. The van der Waals surface area contributed by atoms with Gasteiger partial charge in [0.15, 0.2) is 0 Å². The van der Waals surface area contributed by atoms with Gasteiger partial charge in [-0.05, 0) is 0 Å². The number of hydrogen-bond acceptors (Lipinski definition) is 4. The molecular weight excluding hydrogens is 495 g/mol. The number of hydrogen-bond donors (Lipinski definition) is 1. The van der Waals surface area contributed by atoms with Gasteiger partial charge in [-0.2, -0.15) is 0 Å². The number of ether oxygens (including phenoxy) is 2. The Kier molecular flexibility index (Phi) is 7.45. The van der Waals surface area contributed by atoms with E-state index in [0.29, 0.717) is 23.6 Å². The van der Waals surface area contributed by atoms with E-state index in [0.717, 1.165) is 6.42 Å². The number of benzene rings is 1. The normalized spacial score (nSPS) is 20.5. The third-order valence-corrected chi connectivity index (χ3v) is 8.29. The van der Waals surface area contributed by atoms with Crippen LogP contribution >= 0.6 is 0 Å². The van der Waals surface area contributed by atoms with Gasteiger partial charge in [-0.3, -0.25) is 0 Å². The van der Waals surface area contributed by atoms with Gasteiger partial charge in [-0.1, -0.05) is 0 Å². The molecule has 0 aromatic heterocycles. The Morgan fingerprint density at radius 2 is 2.06 bits per heavy atom. The van der Waals surface area contributed by atoms with Gasteiger partial charge in [-0.25, -0.2) is 0 Å². The number of rotatable bonds is 6. The van der Waals surface area contributed by atoms with Crippen molar-refractivity contribution in [1.82, 2.24) is 10.2 Å². The van der Waals surface area contributed by atoms with Crippen LogP contribution in [0.5, 0.6) is 11.5 Å². The van der Waals surface area contributed by atoms with E-state index in [-0.39, 0.29) is 17.7 Å². The van der Waals surface area contributed by atoms with Gasteiger partial charge in [0.25, 0.3) is 0 Å². The molecule has 0 bridgehead atoms. The van der Waals surface area contributed by atoms with Crippen LogP contribution in [0.4, 0.5) is 0 Å². The summed E-state index contributed by atoms with van der Waals surface area (Å²) in [5.74, 6) is 0.764. The first-order valence-electron chi connectivity index (χ1n) is 10.8. The van der Waals surface area contributed by atoms with E-state index in [2.05, 4.69) is 19.1 Å². The molecule has 2 unspecified atom stereocenters. The first kappa shape index (κ1) is 23.8. The first-order valence-corrected chi connectivity index (χ1v) is 14.6. The molecule has 0 fully saturated rings. The molecule has 0 saturated carbocycles. The number of allylic oxidation sites excluding steroid dienone is 1. The van der Waals surface area contributed by atoms with E-state index >= 15 is 0 Å². The topological polar surface area (TPSA) is 67.9 Å². The Morgan fingerprint density at radius 3 is 2.65 bits per heavy atom. The van der Waals surface area contributed by atoms with Crippen LogP contribution in [0.2, 0.25) is 0 Å². The summed E-state index contributed by atoms with van der Waals surface area (Å²) in [7, 11) is 1.59. The van der Waals surface area contributed by atoms with Gasteiger partial charge >= 0.3 is 197 Å². The monoisotopic (exact) mass is 527 g/mol. The second-order valence-electron chi connectivity index (χ2n) is 9.40. The zero-order valence-electron chi connectivity index (χ0n) is 19.3. The Morgan fingerprint density at radius 1 is 1.32 bits per heavy atom. The van der Waals surface area contributed by atoms with E-state index in [1.807, 2.05) is 46.8 Å². The molecule has 0 spiro atoms. The van der Waals surface area contributed by atoms with Crippen molar-refractivity contribution in [3.05, 3.63) is 43.1 Å². The molecule has 165 valence electrons. The second-order valence-corrected chi connectivity index (χ2v) is 12.6. The number of amides is 2. The summed E-state index contributed by atoms with van der Waals surface area (Å²) >= 11 is -0.701. The van der Waals surface area contributed by atoms with E-state index in [1.165, 1.54) is 5.57 Å². The predicted octanol–water partition coefficient (Wildman–Crippen LogP) is 3.40.